The second-order valence-corrected chi connectivity index (χ2v) is 4.40. The van der Waals surface area contributed by atoms with E-state index in [4.69, 9.17) is 27.9 Å². The lowest BCUT2D eigenvalue weighted by molar-refractivity contribution is 0.306. The van der Waals surface area contributed by atoms with Crippen molar-refractivity contribution in [2.45, 2.75) is 12.5 Å². The Bertz CT molecular complexity index is 497. The summed E-state index contributed by atoms with van der Waals surface area (Å²) in [6.45, 7) is 0.506. The van der Waals surface area contributed by atoms with Crippen LogP contribution in [0.1, 0.15) is 11.1 Å². The molecular weight excluding hydrogens is 255 g/mol. The fraction of sp³-hybridized carbons (Fsp3) is 0.143. The lowest BCUT2D eigenvalue weighted by Crippen LogP contribution is -1.95. The van der Waals surface area contributed by atoms with Crippen LogP contribution in [0.4, 0.5) is 0 Å². The van der Waals surface area contributed by atoms with Gasteiger partial charge in [-0.25, -0.2) is 0 Å². The Morgan fingerprint density at radius 1 is 0.941 bits per heavy atom. The number of hydrogen-bond acceptors (Lipinski definition) is 1. The highest BCUT2D eigenvalue weighted by atomic mass is 35.5. The first-order chi connectivity index (χ1) is 8.28. The van der Waals surface area contributed by atoms with E-state index in [0.717, 1.165) is 21.9 Å². The van der Waals surface area contributed by atoms with Crippen molar-refractivity contribution in [1.29, 1.82) is 0 Å². The van der Waals surface area contributed by atoms with Crippen LogP contribution in [0.2, 0.25) is 5.02 Å². The first kappa shape index (κ1) is 12.3. The molecule has 3 heteroatoms. The van der Waals surface area contributed by atoms with E-state index in [9.17, 15) is 0 Å². The van der Waals surface area contributed by atoms with Gasteiger partial charge in [-0.15, -0.1) is 11.6 Å². The second-order valence-electron chi connectivity index (χ2n) is 3.70. The molecule has 17 heavy (non-hydrogen) atoms. The molecule has 0 saturated heterocycles. The number of ether oxygens (including phenoxy) is 1. The van der Waals surface area contributed by atoms with Gasteiger partial charge in [-0.2, -0.15) is 0 Å². The molecule has 0 bridgehead atoms. The highest BCUT2D eigenvalue weighted by Gasteiger charge is 1.98. The van der Waals surface area contributed by atoms with E-state index >= 15 is 0 Å². The first-order valence-corrected chi connectivity index (χ1v) is 6.21. The Kier molecular flexibility index (Phi) is 4.29. The van der Waals surface area contributed by atoms with E-state index in [-0.39, 0.29) is 0 Å². The molecule has 2 aromatic rings. The van der Waals surface area contributed by atoms with Crippen molar-refractivity contribution < 1.29 is 4.74 Å². The molecular formula is C14H12Cl2O. The van der Waals surface area contributed by atoms with Crippen LogP contribution in [-0.4, -0.2) is 0 Å². The molecule has 0 fully saturated rings. The monoisotopic (exact) mass is 266 g/mol. The molecule has 0 N–H and O–H groups in total. The van der Waals surface area contributed by atoms with Gasteiger partial charge in [0.2, 0.25) is 0 Å². The van der Waals surface area contributed by atoms with Crippen LogP contribution in [0.3, 0.4) is 0 Å². The predicted octanol–water partition coefficient (Wildman–Crippen LogP) is 4.66. The lowest BCUT2D eigenvalue weighted by Gasteiger charge is -2.07. The largest absolute Gasteiger partial charge is 0.489 e. The average Bonchev–Trinajstić information content (AvgIpc) is 2.37. The molecule has 0 atom stereocenters. The molecule has 0 amide bonds. The van der Waals surface area contributed by atoms with Crippen molar-refractivity contribution in [2.75, 3.05) is 0 Å². The number of alkyl halides is 1. The van der Waals surface area contributed by atoms with Gasteiger partial charge < -0.3 is 4.74 Å². The summed E-state index contributed by atoms with van der Waals surface area (Å²) in [6, 6.07) is 15.4. The van der Waals surface area contributed by atoms with Crippen LogP contribution in [0.5, 0.6) is 5.75 Å². The van der Waals surface area contributed by atoms with Gasteiger partial charge in [0.25, 0.3) is 0 Å². The van der Waals surface area contributed by atoms with Crippen LogP contribution < -0.4 is 4.74 Å². The molecule has 0 aliphatic carbocycles. The highest BCUT2D eigenvalue weighted by Crippen LogP contribution is 2.17. The van der Waals surface area contributed by atoms with E-state index in [2.05, 4.69) is 0 Å². The summed E-state index contributed by atoms with van der Waals surface area (Å²) in [5.41, 5.74) is 2.10. The van der Waals surface area contributed by atoms with Crippen LogP contribution >= 0.6 is 23.2 Å². The summed E-state index contributed by atoms with van der Waals surface area (Å²) >= 11 is 11.7. The zero-order valence-electron chi connectivity index (χ0n) is 9.20. The third-order valence-electron chi connectivity index (χ3n) is 2.35. The van der Waals surface area contributed by atoms with E-state index in [1.807, 2.05) is 48.5 Å². The van der Waals surface area contributed by atoms with Gasteiger partial charge in [-0.1, -0.05) is 35.9 Å². The van der Waals surface area contributed by atoms with Crippen molar-refractivity contribution in [2.24, 2.45) is 0 Å². The van der Waals surface area contributed by atoms with E-state index in [0.29, 0.717) is 12.5 Å². The Labute approximate surface area is 111 Å². The molecule has 0 aliphatic rings. The molecule has 2 aromatic carbocycles. The van der Waals surface area contributed by atoms with Gasteiger partial charge in [0, 0.05) is 10.9 Å². The summed E-state index contributed by atoms with van der Waals surface area (Å²) < 4.78 is 5.67. The summed E-state index contributed by atoms with van der Waals surface area (Å²) in [7, 11) is 0. The smallest absolute Gasteiger partial charge is 0.120 e. The maximum absolute atomic E-state index is 5.90. The van der Waals surface area contributed by atoms with Crippen molar-refractivity contribution in [1.82, 2.24) is 0 Å². The number of rotatable bonds is 4. The van der Waals surface area contributed by atoms with Gasteiger partial charge in [-0.3, -0.25) is 0 Å². The molecule has 0 aliphatic heterocycles. The second kappa shape index (κ2) is 5.95. The van der Waals surface area contributed by atoms with Gasteiger partial charge in [-0.05, 0) is 35.4 Å². The SMILES string of the molecule is ClCc1cccc(OCc2cccc(Cl)c2)c1. The summed E-state index contributed by atoms with van der Waals surface area (Å²) in [4.78, 5) is 0. The third kappa shape index (κ3) is 3.65. The molecule has 0 radical (unpaired) electrons. The van der Waals surface area contributed by atoms with E-state index in [1.165, 1.54) is 0 Å². The van der Waals surface area contributed by atoms with Crippen molar-refractivity contribution in [3.8, 4) is 5.75 Å². The normalized spacial score (nSPS) is 10.2. The van der Waals surface area contributed by atoms with Crippen molar-refractivity contribution >= 4 is 23.2 Å². The quantitative estimate of drug-likeness (QED) is 0.732. The fourth-order valence-corrected chi connectivity index (χ4v) is 1.89. The molecule has 1 nitrogen and oxygen atoms in total. The van der Waals surface area contributed by atoms with E-state index in [1.54, 1.807) is 0 Å². The topological polar surface area (TPSA) is 9.23 Å². The zero-order valence-corrected chi connectivity index (χ0v) is 10.7. The lowest BCUT2D eigenvalue weighted by atomic mass is 10.2. The Morgan fingerprint density at radius 2 is 1.71 bits per heavy atom. The molecule has 88 valence electrons. The predicted molar refractivity (Wildman–Crippen MR) is 71.8 cm³/mol. The summed E-state index contributed by atoms with van der Waals surface area (Å²) in [5.74, 6) is 1.32. The maximum Gasteiger partial charge on any atom is 0.120 e. The number of halogens is 2. The van der Waals surface area contributed by atoms with Crippen LogP contribution in [0.25, 0.3) is 0 Å². The van der Waals surface area contributed by atoms with E-state index < -0.39 is 0 Å². The molecule has 0 spiro atoms. The van der Waals surface area contributed by atoms with Crippen LogP contribution in [0, 0.1) is 0 Å². The molecule has 2 rings (SSSR count). The number of benzene rings is 2. The third-order valence-corrected chi connectivity index (χ3v) is 2.89. The maximum atomic E-state index is 5.90. The minimum atomic E-state index is 0.494. The molecule has 0 heterocycles. The molecule has 0 saturated carbocycles. The average molecular weight is 267 g/mol. The first-order valence-electron chi connectivity index (χ1n) is 5.30. The summed E-state index contributed by atoms with van der Waals surface area (Å²) in [6.07, 6.45) is 0. The molecule has 0 aromatic heterocycles. The summed E-state index contributed by atoms with van der Waals surface area (Å²) in [5, 5.41) is 0.723. The van der Waals surface area contributed by atoms with Crippen molar-refractivity contribution in [3.63, 3.8) is 0 Å². The van der Waals surface area contributed by atoms with Crippen molar-refractivity contribution in [3.05, 3.63) is 64.7 Å². The zero-order chi connectivity index (χ0) is 12.1. The van der Waals surface area contributed by atoms with Gasteiger partial charge in [0.1, 0.15) is 12.4 Å². The minimum Gasteiger partial charge on any atom is -0.489 e. The van der Waals surface area contributed by atoms with Gasteiger partial charge in [0.15, 0.2) is 0 Å². The molecule has 0 unspecified atom stereocenters. The van der Waals surface area contributed by atoms with Crippen LogP contribution in [0.15, 0.2) is 48.5 Å². The Balaban J connectivity index is 2.02. The Morgan fingerprint density at radius 3 is 2.47 bits per heavy atom. The fourth-order valence-electron chi connectivity index (χ4n) is 1.51. The minimum absolute atomic E-state index is 0.494. The Hall–Kier alpha value is -1.18. The van der Waals surface area contributed by atoms with Crippen LogP contribution in [-0.2, 0) is 12.5 Å². The highest BCUT2D eigenvalue weighted by molar-refractivity contribution is 6.30. The standard InChI is InChI=1S/C14H12Cl2O/c15-9-11-3-2-6-14(8-11)17-10-12-4-1-5-13(16)7-12/h1-8H,9-10H2. The van der Waals surface area contributed by atoms with Gasteiger partial charge in [0.05, 0.1) is 0 Å². The number of hydrogen-bond donors (Lipinski definition) is 0. The van der Waals surface area contributed by atoms with Gasteiger partial charge >= 0.3 is 0 Å².